The van der Waals surface area contributed by atoms with E-state index in [-0.39, 0.29) is 0 Å². The summed E-state index contributed by atoms with van der Waals surface area (Å²) < 4.78 is 7.65. The van der Waals surface area contributed by atoms with Gasteiger partial charge in [0.1, 0.15) is 23.6 Å². The quantitative estimate of drug-likeness (QED) is 0.765. The number of aromatic nitrogens is 5. The second kappa shape index (κ2) is 5.42. The van der Waals surface area contributed by atoms with Crippen LogP contribution in [0.25, 0.3) is 11.5 Å². The summed E-state index contributed by atoms with van der Waals surface area (Å²) in [5, 5.41) is 15.0. The highest BCUT2D eigenvalue weighted by Gasteiger charge is 2.20. The van der Waals surface area contributed by atoms with Gasteiger partial charge in [0.2, 0.25) is 0 Å². The molecule has 1 unspecified atom stereocenters. The number of furan rings is 1. The molecule has 22 heavy (non-hydrogen) atoms. The number of rotatable bonds is 4. The van der Waals surface area contributed by atoms with Crippen LogP contribution in [0.2, 0.25) is 0 Å². The van der Waals surface area contributed by atoms with Gasteiger partial charge in [-0.3, -0.25) is 5.10 Å². The topological polar surface area (TPSA) is 84.6 Å². The molecule has 1 aliphatic rings. The van der Waals surface area contributed by atoms with Crippen molar-refractivity contribution in [2.75, 3.05) is 0 Å². The summed E-state index contributed by atoms with van der Waals surface area (Å²) >= 11 is 0. The van der Waals surface area contributed by atoms with Crippen molar-refractivity contribution < 1.29 is 4.42 Å². The van der Waals surface area contributed by atoms with E-state index < -0.39 is 0 Å². The number of H-pyrrole nitrogens is 1. The maximum atomic E-state index is 5.68. The summed E-state index contributed by atoms with van der Waals surface area (Å²) in [6.07, 6.45) is 5.52. The van der Waals surface area contributed by atoms with Crippen molar-refractivity contribution in [1.82, 2.24) is 30.3 Å². The molecule has 0 saturated carbocycles. The molecule has 1 atom stereocenters. The van der Waals surface area contributed by atoms with Crippen molar-refractivity contribution >= 4 is 0 Å². The lowest BCUT2D eigenvalue weighted by molar-refractivity contribution is 0.358. The number of aryl methyl sites for hydroxylation is 2. The molecule has 0 saturated heterocycles. The van der Waals surface area contributed by atoms with E-state index in [0.29, 0.717) is 6.04 Å². The van der Waals surface area contributed by atoms with Gasteiger partial charge in [0.05, 0.1) is 12.7 Å². The Balaban J connectivity index is 1.44. The Bertz CT molecular complexity index is 770. The van der Waals surface area contributed by atoms with Crippen LogP contribution in [-0.2, 0) is 19.5 Å². The first-order valence-corrected chi connectivity index (χ1v) is 7.49. The first-order chi connectivity index (χ1) is 10.8. The van der Waals surface area contributed by atoms with Crippen LogP contribution in [0.3, 0.4) is 0 Å². The van der Waals surface area contributed by atoms with Crippen molar-refractivity contribution in [2.24, 2.45) is 0 Å². The molecule has 0 amide bonds. The zero-order valence-corrected chi connectivity index (χ0v) is 12.4. The highest BCUT2D eigenvalue weighted by atomic mass is 16.3. The minimum absolute atomic E-state index is 0.398. The van der Waals surface area contributed by atoms with Gasteiger partial charge in [0.25, 0.3) is 0 Å². The minimum atomic E-state index is 0.398. The van der Waals surface area contributed by atoms with E-state index in [2.05, 4.69) is 25.6 Å². The van der Waals surface area contributed by atoms with Gasteiger partial charge in [-0.2, -0.15) is 10.2 Å². The Kier molecular flexibility index (Phi) is 3.27. The Labute approximate surface area is 127 Å². The standard InChI is InChI=1S/C15H18N6O/c1-10-2-4-13(22-10)15-11(7-18-20-15)6-16-12-3-5-14-17-9-19-21(14)8-12/h2,4,7,9,12,16H,3,5-6,8H2,1H3,(H,18,20). The average molecular weight is 298 g/mol. The van der Waals surface area contributed by atoms with Crippen LogP contribution in [0.4, 0.5) is 0 Å². The van der Waals surface area contributed by atoms with Crippen molar-refractivity contribution in [2.45, 2.75) is 38.9 Å². The summed E-state index contributed by atoms with van der Waals surface area (Å²) in [6, 6.07) is 4.32. The lowest BCUT2D eigenvalue weighted by atomic mass is 10.1. The molecule has 0 radical (unpaired) electrons. The van der Waals surface area contributed by atoms with Gasteiger partial charge in [0, 0.05) is 24.6 Å². The molecular formula is C15H18N6O. The highest BCUT2D eigenvalue weighted by Crippen LogP contribution is 2.23. The van der Waals surface area contributed by atoms with Gasteiger partial charge in [-0.25, -0.2) is 9.67 Å². The number of hydrogen-bond donors (Lipinski definition) is 2. The maximum absolute atomic E-state index is 5.68. The Morgan fingerprint density at radius 2 is 2.41 bits per heavy atom. The fraction of sp³-hybridized carbons (Fsp3) is 0.400. The van der Waals surface area contributed by atoms with Gasteiger partial charge in [-0.1, -0.05) is 0 Å². The summed E-state index contributed by atoms with van der Waals surface area (Å²) in [5.41, 5.74) is 2.05. The molecule has 2 N–H and O–H groups in total. The third kappa shape index (κ3) is 2.43. The molecular weight excluding hydrogens is 280 g/mol. The van der Waals surface area contributed by atoms with Gasteiger partial charge in [-0.05, 0) is 25.5 Å². The van der Waals surface area contributed by atoms with Gasteiger partial charge in [-0.15, -0.1) is 0 Å². The second-order valence-electron chi connectivity index (χ2n) is 5.66. The Hall–Kier alpha value is -2.41. The third-order valence-corrected chi connectivity index (χ3v) is 4.09. The molecule has 114 valence electrons. The molecule has 3 aromatic heterocycles. The van der Waals surface area contributed by atoms with Crippen LogP contribution in [0.5, 0.6) is 0 Å². The maximum Gasteiger partial charge on any atom is 0.152 e. The number of hydrogen-bond acceptors (Lipinski definition) is 5. The SMILES string of the molecule is Cc1ccc(-c2[nH]ncc2CNC2CCc3ncnn3C2)o1. The number of nitrogens with one attached hydrogen (secondary N) is 2. The van der Waals surface area contributed by atoms with E-state index >= 15 is 0 Å². The van der Waals surface area contributed by atoms with Crippen molar-refractivity contribution in [1.29, 1.82) is 0 Å². The van der Waals surface area contributed by atoms with Gasteiger partial charge >= 0.3 is 0 Å². The largest absolute Gasteiger partial charge is 0.460 e. The fourth-order valence-corrected chi connectivity index (χ4v) is 2.89. The first-order valence-electron chi connectivity index (χ1n) is 7.49. The molecule has 0 spiro atoms. The summed E-state index contributed by atoms with van der Waals surface area (Å²) in [7, 11) is 0. The zero-order chi connectivity index (χ0) is 14.9. The van der Waals surface area contributed by atoms with Crippen LogP contribution >= 0.6 is 0 Å². The van der Waals surface area contributed by atoms with Crippen LogP contribution < -0.4 is 5.32 Å². The average Bonchev–Trinajstić information content (AvgIpc) is 3.24. The monoisotopic (exact) mass is 298 g/mol. The molecule has 1 aliphatic heterocycles. The normalized spacial score (nSPS) is 17.6. The molecule has 0 aliphatic carbocycles. The number of aromatic amines is 1. The molecule has 0 aromatic carbocycles. The predicted molar refractivity (Wildman–Crippen MR) is 80.0 cm³/mol. The Morgan fingerprint density at radius 3 is 3.27 bits per heavy atom. The first kappa shape index (κ1) is 13.3. The lowest BCUT2D eigenvalue weighted by Gasteiger charge is -2.23. The molecule has 4 heterocycles. The summed E-state index contributed by atoms with van der Waals surface area (Å²) in [4.78, 5) is 4.25. The molecule has 0 bridgehead atoms. The summed E-state index contributed by atoms with van der Waals surface area (Å²) in [5.74, 6) is 2.80. The van der Waals surface area contributed by atoms with E-state index in [1.807, 2.05) is 29.9 Å². The van der Waals surface area contributed by atoms with Crippen molar-refractivity contribution in [3.63, 3.8) is 0 Å². The van der Waals surface area contributed by atoms with Crippen LogP contribution in [0.15, 0.2) is 29.1 Å². The van der Waals surface area contributed by atoms with E-state index in [1.54, 1.807) is 6.33 Å². The van der Waals surface area contributed by atoms with E-state index in [1.165, 1.54) is 0 Å². The van der Waals surface area contributed by atoms with E-state index in [9.17, 15) is 0 Å². The van der Waals surface area contributed by atoms with Crippen molar-refractivity contribution in [3.8, 4) is 11.5 Å². The number of fused-ring (bicyclic) bond motifs is 1. The zero-order valence-electron chi connectivity index (χ0n) is 12.4. The summed E-state index contributed by atoms with van der Waals surface area (Å²) in [6.45, 7) is 3.55. The van der Waals surface area contributed by atoms with Crippen LogP contribution in [0, 0.1) is 6.92 Å². The van der Waals surface area contributed by atoms with Crippen LogP contribution in [0.1, 0.15) is 23.6 Å². The van der Waals surface area contributed by atoms with E-state index in [0.717, 1.165) is 54.5 Å². The molecule has 3 aromatic rings. The second-order valence-corrected chi connectivity index (χ2v) is 5.66. The van der Waals surface area contributed by atoms with Crippen molar-refractivity contribution in [3.05, 3.63) is 41.8 Å². The molecule has 4 rings (SSSR count). The van der Waals surface area contributed by atoms with E-state index in [4.69, 9.17) is 4.42 Å². The highest BCUT2D eigenvalue weighted by molar-refractivity contribution is 5.56. The minimum Gasteiger partial charge on any atom is -0.460 e. The lowest BCUT2D eigenvalue weighted by Crippen LogP contribution is -2.37. The molecule has 7 nitrogen and oxygen atoms in total. The van der Waals surface area contributed by atoms with Gasteiger partial charge in [0.15, 0.2) is 5.76 Å². The fourth-order valence-electron chi connectivity index (χ4n) is 2.89. The molecule has 0 fully saturated rings. The van der Waals surface area contributed by atoms with Gasteiger partial charge < -0.3 is 9.73 Å². The smallest absolute Gasteiger partial charge is 0.152 e. The Morgan fingerprint density at radius 1 is 1.45 bits per heavy atom. The predicted octanol–water partition coefficient (Wildman–Crippen LogP) is 1.67. The molecule has 7 heteroatoms. The third-order valence-electron chi connectivity index (χ3n) is 4.09. The van der Waals surface area contributed by atoms with Crippen LogP contribution in [-0.4, -0.2) is 31.0 Å². The number of nitrogens with zero attached hydrogens (tertiary/aromatic N) is 4.